The van der Waals surface area contributed by atoms with Crippen molar-refractivity contribution in [3.63, 3.8) is 0 Å². The lowest BCUT2D eigenvalue weighted by atomic mass is 9.96. The van der Waals surface area contributed by atoms with Crippen molar-refractivity contribution in [1.82, 2.24) is 10.6 Å². The van der Waals surface area contributed by atoms with E-state index in [0.717, 1.165) is 12.8 Å². The van der Waals surface area contributed by atoms with Gasteiger partial charge in [0, 0.05) is 11.7 Å². The van der Waals surface area contributed by atoms with Crippen molar-refractivity contribution in [2.75, 3.05) is 0 Å². The first-order valence-electron chi connectivity index (χ1n) is 4.91. The number of hydrogen-bond donors (Lipinski definition) is 2. The number of rotatable bonds is 2. The normalized spacial score (nSPS) is 17.9. The average Bonchev–Trinajstić information content (AvgIpc) is 2.04. The molecule has 1 aliphatic rings. The lowest BCUT2D eigenvalue weighted by Crippen LogP contribution is -2.42. The van der Waals surface area contributed by atoms with Crippen LogP contribution in [0.25, 0.3) is 0 Å². The molecule has 3 heteroatoms. The van der Waals surface area contributed by atoms with Crippen LogP contribution < -0.4 is 10.6 Å². The molecular formula is C10H18N2O. The van der Waals surface area contributed by atoms with Crippen LogP contribution in [0.4, 0.5) is 4.79 Å². The van der Waals surface area contributed by atoms with Crippen LogP contribution in [0.2, 0.25) is 0 Å². The minimum absolute atomic E-state index is 0.112. The molecule has 0 radical (unpaired) electrons. The Bertz CT molecular complexity index is 195. The first kappa shape index (κ1) is 10.1. The van der Waals surface area contributed by atoms with Crippen LogP contribution in [0.3, 0.4) is 0 Å². The highest BCUT2D eigenvalue weighted by atomic mass is 16.2. The molecule has 1 fully saturated rings. The number of amides is 2. The van der Waals surface area contributed by atoms with Crippen molar-refractivity contribution in [1.29, 1.82) is 0 Å². The van der Waals surface area contributed by atoms with Gasteiger partial charge in [-0.05, 0) is 19.8 Å². The molecule has 1 aliphatic carbocycles. The van der Waals surface area contributed by atoms with Crippen LogP contribution in [-0.2, 0) is 0 Å². The molecule has 2 N–H and O–H groups in total. The zero-order valence-electron chi connectivity index (χ0n) is 8.23. The summed E-state index contributed by atoms with van der Waals surface area (Å²) in [6, 6.07) is 0.257. The molecule has 0 aromatic carbocycles. The summed E-state index contributed by atoms with van der Waals surface area (Å²) in [6.07, 6.45) is 6.00. The minimum atomic E-state index is -0.112. The fourth-order valence-electron chi connectivity index (χ4n) is 1.66. The van der Waals surface area contributed by atoms with Crippen molar-refractivity contribution >= 4 is 6.03 Å². The Morgan fingerprint density at radius 3 is 2.46 bits per heavy atom. The molecule has 0 saturated heterocycles. The van der Waals surface area contributed by atoms with Gasteiger partial charge in [0.2, 0.25) is 0 Å². The lowest BCUT2D eigenvalue weighted by molar-refractivity contribution is 0.235. The van der Waals surface area contributed by atoms with Gasteiger partial charge >= 0.3 is 6.03 Å². The second kappa shape index (κ2) is 4.90. The highest BCUT2D eigenvalue weighted by molar-refractivity contribution is 5.75. The third-order valence-electron chi connectivity index (χ3n) is 2.27. The van der Waals surface area contributed by atoms with E-state index < -0.39 is 0 Å². The molecule has 0 heterocycles. The van der Waals surface area contributed by atoms with Crippen molar-refractivity contribution in [3.05, 3.63) is 12.3 Å². The van der Waals surface area contributed by atoms with Gasteiger partial charge in [0.1, 0.15) is 0 Å². The Morgan fingerprint density at radius 2 is 1.92 bits per heavy atom. The van der Waals surface area contributed by atoms with E-state index in [1.54, 1.807) is 6.92 Å². The third kappa shape index (κ3) is 3.97. The predicted molar refractivity (Wildman–Crippen MR) is 53.4 cm³/mol. The summed E-state index contributed by atoms with van der Waals surface area (Å²) in [5, 5.41) is 5.58. The van der Waals surface area contributed by atoms with Gasteiger partial charge in [-0.15, -0.1) is 0 Å². The zero-order valence-corrected chi connectivity index (χ0v) is 8.23. The Morgan fingerprint density at radius 1 is 1.31 bits per heavy atom. The topological polar surface area (TPSA) is 41.1 Å². The molecule has 0 bridgehead atoms. The maximum absolute atomic E-state index is 11.2. The van der Waals surface area contributed by atoms with Crippen molar-refractivity contribution in [3.8, 4) is 0 Å². The van der Waals surface area contributed by atoms with E-state index in [4.69, 9.17) is 0 Å². The maximum atomic E-state index is 11.2. The molecule has 1 rings (SSSR count). The summed E-state index contributed by atoms with van der Waals surface area (Å²) in [5.41, 5.74) is 0.688. The van der Waals surface area contributed by atoms with Crippen molar-refractivity contribution in [2.24, 2.45) is 0 Å². The summed E-state index contributed by atoms with van der Waals surface area (Å²) in [4.78, 5) is 11.2. The summed E-state index contributed by atoms with van der Waals surface area (Å²) in [5.74, 6) is 0. The Hall–Kier alpha value is -0.990. The van der Waals surface area contributed by atoms with Crippen LogP contribution in [-0.4, -0.2) is 12.1 Å². The largest absolute Gasteiger partial charge is 0.335 e. The van der Waals surface area contributed by atoms with Gasteiger partial charge in [0.25, 0.3) is 0 Å². The highest BCUT2D eigenvalue weighted by Gasteiger charge is 2.14. The van der Waals surface area contributed by atoms with E-state index >= 15 is 0 Å². The Balaban J connectivity index is 2.22. The Kier molecular flexibility index (Phi) is 3.80. The predicted octanol–water partition coefficient (Wildman–Crippen LogP) is 2.15. The number of urea groups is 1. The SMILES string of the molecule is C=C(C)NC(=O)NC1CCCCC1. The van der Waals surface area contributed by atoms with Gasteiger partial charge in [0.15, 0.2) is 0 Å². The second-order valence-electron chi connectivity index (χ2n) is 3.71. The molecule has 0 atom stereocenters. The first-order chi connectivity index (χ1) is 6.18. The lowest BCUT2D eigenvalue weighted by Gasteiger charge is -2.22. The van der Waals surface area contributed by atoms with Gasteiger partial charge in [-0.25, -0.2) is 4.79 Å². The smallest absolute Gasteiger partial charge is 0.319 e. The monoisotopic (exact) mass is 182 g/mol. The average molecular weight is 182 g/mol. The number of carbonyl (C=O) groups excluding carboxylic acids is 1. The number of hydrogen-bond acceptors (Lipinski definition) is 1. The molecule has 0 aromatic rings. The quantitative estimate of drug-likeness (QED) is 0.675. The molecule has 74 valence electrons. The molecule has 2 amide bonds. The summed E-state index contributed by atoms with van der Waals surface area (Å²) in [7, 11) is 0. The number of allylic oxidation sites excluding steroid dienone is 1. The molecule has 0 spiro atoms. The van der Waals surface area contributed by atoms with Crippen molar-refractivity contribution in [2.45, 2.75) is 45.1 Å². The van der Waals surface area contributed by atoms with Crippen LogP contribution in [0, 0.1) is 0 Å². The number of nitrogens with one attached hydrogen (secondary N) is 2. The van der Waals surface area contributed by atoms with Gasteiger partial charge in [-0.1, -0.05) is 25.8 Å². The summed E-state index contributed by atoms with van der Waals surface area (Å²) >= 11 is 0. The van der Waals surface area contributed by atoms with Gasteiger partial charge < -0.3 is 10.6 Å². The third-order valence-corrected chi connectivity index (χ3v) is 2.27. The molecule has 0 aromatic heterocycles. The minimum Gasteiger partial charge on any atom is -0.335 e. The van der Waals surface area contributed by atoms with E-state index in [-0.39, 0.29) is 6.03 Å². The van der Waals surface area contributed by atoms with Crippen LogP contribution >= 0.6 is 0 Å². The van der Waals surface area contributed by atoms with Crippen molar-refractivity contribution < 1.29 is 4.79 Å². The molecular weight excluding hydrogens is 164 g/mol. The molecule has 0 aliphatic heterocycles. The fraction of sp³-hybridized carbons (Fsp3) is 0.700. The molecule has 3 nitrogen and oxygen atoms in total. The fourth-order valence-corrected chi connectivity index (χ4v) is 1.66. The van der Waals surface area contributed by atoms with E-state index in [9.17, 15) is 4.79 Å². The Labute approximate surface area is 79.6 Å². The summed E-state index contributed by atoms with van der Waals surface area (Å²) in [6.45, 7) is 5.39. The first-order valence-corrected chi connectivity index (χ1v) is 4.91. The second-order valence-corrected chi connectivity index (χ2v) is 3.71. The van der Waals surface area contributed by atoms with Gasteiger partial charge in [-0.3, -0.25) is 0 Å². The molecule has 0 unspecified atom stereocenters. The summed E-state index contributed by atoms with van der Waals surface area (Å²) < 4.78 is 0. The van der Waals surface area contributed by atoms with Gasteiger partial charge in [-0.2, -0.15) is 0 Å². The van der Waals surface area contributed by atoms with Crippen LogP contribution in [0.15, 0.2) is 12.3 Å². The maximum Gasteiger partial charge on any atom is 0.319 e. The van der Waals surface area contributed by atoms with E-state index in [0.29, 0.717) is 11.7 Å². The van der Waals surface area contributed by atoms with E-state index in [2.05, 4.69) is 17.2 Å². The van der Waals surface area contributed by atoms with E-state index in [1.807, 2.05) is 0 Å². The highest BCUT2D eigenvalue weighted by Crippen LogP contribution is 2.17. The zero-order chi connectivity index (χ0) is 9.68. The number of carbonyl (C=O) groups is 1. The van der Waals surface area contributed by atoms with Crippen LogP contribution in [0.1, 0.15) is 39.0 Å². The van der Waals surface area contributed by atoms with E-state index in [1.165, 1.54) is 19.3 Å². The van der Waals surface area contributed by atoms with Gasteiger partial charge in [0.05, 0.1) is 0 Å². The standard InChI is InChI=1S/C10H18N2O/c1-8(2)11-10(13)12-9-6-4-3-5-7-9/h9H,1,3-7H2,2H3,(H2,11,12,13). The molecule has 1 saturated carbocycles. The van der Waals surface area contributed by atoms with Crippen LogP contribution in [0.5, 0.6) is 0 Å². The molecule has 13 heavy (non-hydrogen) atoms.